The second-order valence-electron chi connectivity index (χ2n) is 6.75. The van der Waals surface area contributed by atoms with Crippen LogP contribution in [0.5, 0.6) is 5.75 Å². The molecule has 3 amide bonds. The van der Waals surface area contributed by atoms with Crippen LogP contribution in [0.15, 0.2) is 78.9 Å². The fraction of sp³-hybridized carbons (Fsp3) is 0.125. The maximum Gasteiger partial charge on any atom is 0.263 e. The predicted molar refractivity (Wildman–Crippen MR) is 113 cm³/mol. The number of fused-ring (bicyclic) bond motifs is 1. The van der Waals surface area contributed by atoms with E-state index in [1.807, 2.05) is 13.0 Å². The summed E-state index contributed by atoms with van der Waals surface area (Å²) < 4.78 is 5.47. The molecular weight excluding hydrogens is 380 g/mol. The van der Waals surface area contributed by atoms with Gasteiger partial charge in [0.2, 0.25) is 0 Å². The number of amides is 3. The van der Waals surface area contributed by atoms with E-state index in [0.717, 1.165) is 4.90 Å². The van der Waals surface area contributed by atoms with Gasteiger partial charge in [-0.3, -0.25) is 24.2 Å². The summed E-state index contributed by atoms with van der Waals surface area (Å²) in [4.78, 5) is 41.4. The van der Waals surface area contributed by atoms with E-state index in [0.29, 0.717) is 34.7 Å². The Balaban J connectivity index is 1.68. The first-order chi connectivity index (χ1) is 14.6. The molecule has 0 unspecified atom stereocenters. The second kappa shape index (κ2) is 8.21. The zero-order valence-electron chi connectivity index (χ0n) is 16.4. The van der Waals surface area contributed by atoms with E-state index in [1.54, 1.807) is 72.8 Å². The highest BCUT2D eigenvalue weighted by Gasteiger charge is 2.37. The Kier molecular flexibility index (Phi) is 5.30. The molecule has 1 aliphatic rings. The van der Waals surface area contributed by atoms with Gasteiger partial charge in [-0.1, -0.05) is 30.3 Å². The minimum absolute atomic E-state index is 0.186. The Morgan fingerprint density at radius 2 is 1.40 bits per heavy atom. The summed E-state index contributed by atoms with van der Waals surface area (Å²) in [5.74, 6) is -0.454. The maximum atomic E-state index is 13.3. The Morgan fingerprint density at radius 1 is 0.833 bits per heavy atom. The molecule has 6 nitrogen and oxygen atoms in total. The molecule has 1 heterocycles. The fourth-order valence-electron chi connectivity index (χ4n) is 3.40. The Bertz CT molecular complexity index is 1060. The number of carbonyl (C=O) groups excluding carboxylic acids is 3. The molecule has 3 aromatic carbocycles. The number of anilines is 1. The SMILES string of the molecule is CCOc1ccc(N(CN2C(=O)c3ccccc3C2=O)C(=O)c2ccccc2)cc1. The maximum absolute atomic E-state index is 13.3. The number of ether oxygens (including phenoxy) is 1. The third-order valence-electron chi connectivity index (χ3n) is 4.89. The topological polar surface area (TPSA) is 66.9 Å². The highest BCUT2D eigenvalue weighted by atomic mass is 16.5. The lowest BCUT2D eigenvalue weighted by Gasteiger charge is -2.27. The van der Waals surface area contributed by atoms with E-state index in [1.165, 1.54) is 4.90 Å². The van der Waals surface area contributed by atoms with Gasteiger partial charge in [0.05, 0.1) is 17.7 Å². The van der Waals surface area contributed by atoms with Crippen LogP contribution < -0.4 is 9.64 Å². The van der Waals surface area contributed by atoms with Gasteiger partial charge in [0.1, 0.15) is 12.4 Å². The molecule has 0 radical (unpaired) electrons. The quantitative estimate of drug-likeness (QED) is 0.587. The predicted octanol–water partition coefficient (Wildman–Crippen LogP) is 3.99. The minimum Gasteiger partial charge on any atom is -0.494 e. The van der Waals surface area contributed by atoms with Crippen molar-refractivity contribution in [2.75, 3.05) is 18.2 Å². The summed E-state index contributed by atoms with van der Waals surface area (Å²) in [7, 11) is 0. The first-order valence-electron chi connectivity index (χ1n) is 9.65. The Labute approximate surface area is 174 Å². The third-order valence-corrected chi connectivity index (χ3v) is 4.89. The van der Waals surface area contributed by atoms with E-state index in [2.05, 4.69) is 0 Å². The molecule has 0 saturated carbocycles. The largest absolute Gasteiger partial charge is 0.494 e. The van der Waals surface area contributed by atoms with Gasteiger partial charge < -0.3 is 4.74 Å². The van der Waals surface area contributed by atoms with E-state index >= 15 is 0 Å². The van der Waals surface area contributed by atoms with Crippen molar-refractivity contribution in [3.63, 3.8) is 0 Å². The van der Waals surface area contributed by atoms with Crippen molar-refractivity contribution in [3.05, 3.63) is 95.6 Å². The van der Waals surface area contributed by atoms with Crippen molar-refractivity contribution in [1.82, 2.24) is 4.90 Å². The van der Waals surface area contributed by atoms with Crippen LogP contribution in [0.2, 0.25) is 0 Å². The number of hydrogen-bond donors (Lipinski definition) is 0. The first-order valence-corrected chi connectivity index (χ1v) is 9.65. The van der Waals surface area contributed by atoms with Crippen LogP contribution in [0, 0.1) is 0 Å². The molecule has 0 N–H and O–H groups in total. The van der Waals surface area contributed by atoms with E-state index in [4.69, 9.17) is 4.74 Å². The zero-order valence-corrected chi connectivity index (χ0v) is 16.4. The minimum atomic E-state index is -0.410. The van der Waals surface area contributed by atoms with Gasteiger partial charge in [-0.25, -0.2) is 0 Å². The molecule has 0 fully saturated rings. The third kappa shape index (κ3) is 3.55. The van der Waals surface area contributed by atoms with Gasteiger partial charge in [0, 0.05) is 11.3 Å². The number of hydrogen-bond acceptors (Lipinski definition) is 4. The molecule has 0 bridgehead atoms. The molecule has 150 valence electrons. The first kappa shape index (κ1) is 19.4. The van der Waals surface area contributed by atoms with Crippen LogP contribution in [-0.2, 0) is 0 Å². The standard InChI is InChI=1S/C24H20N2O4/c1-2-30-19-14-12-18(13-15-19)25(22(27)17-8-4-3-5-9-17)16-26-23(28)20-10-6-7-11-21(20)24(26)29/h3-15H,2,16H2,1H3. The zero-order chi connectivity index (χ0) is 21.1. The lowest BCUT2D eigenvalue weighted by Crippen LogP contribution is -2.44. The molecule has 0 atom stereocenters. The highest BCUT2D eigenvalue weighted by molar-refractivity contribution is 6.22. The molecule has 3 aromatic rings. The van der Waals surface area contributed by atoms with Crippen LogP contribution in [-0.4, -0.2) is 35.9 Å². The molecule has 30 heavy (non-hydrogen) atoms. The van der Waals surface area contributed by atoms with Crippen LogP contribution in [0.25, 0.3) is 0 Å². The van der Waals surface area contributed by atoms with E-state index in [9.17, 15) is 14.4 Å². The van der Waals surface area contributed by atoms with Gasteiger partial charge >= 0.3 is 0 Å². The molecule has 0 spiro atoms. The Morgan fingerprint density at radius 3 is 1.97 bits per heavy atom. The summed E-state index contributed by atoms with van der Waals surface area (Å²) >= 11 is 0. The van der Waals surface area contributed by atoms with Crippen molar-refractivity contribution < 1.29 is 19.1 Å². The van der Waals surface area contributed by atoms with E-state index in [-0.39, 0.29) is 12.6 Å². The average Bonchev–Trinajstić information content (AvgIpc) is 3.03. The molecule has 4 rings (SSSR count). The van der Waals surface area contributed by atoms with Crippen molar-refractivity contribution in [1.29, 1.82) is 0 Å². The van der Waals surface area contributed by atoms with Crippen molar-refractivity contribution in [2.45, 2.75) is 6.92 Å². The number of carbonyl (C=O) groups is 3. The van der Waals surface area contributed by atoms with Crippen molar-refractivity contribution >= 4 is 23.4 Å². The van der Waals surface area contributed by atoms with Gasteiger partial charge in [-0.2, -0.15) is 0 Å². The Hall–Kier alpha value is -3.93. The van der Waals surface area contributed by atoms with Gasteiger partial charge in [-0.05, 0) is 55.5 Å². The summed E-state index contributed by atoms with van der Waals surface area (Å²) in [6.07, 6.45) is 0. The van der Waals surface area contributed by atoms with Crippen LogP contribution >= 0.6 is 0 Å². The van der Waals surface area contributed by atoms with Crippen LogP contribution in [0.4, 0.5) is 5.69 Å². The van der Waals surface area contributed by atoms with E-state index < -0.39 is 11.8 Å². The number of nitrogens with zero attached hydrogens (tertiary/aromatic N) is 2. The molecular formula is C24H20N2O4. The van der Waals surface area contributed by atoms with Gasteiger partial charge in [0.15, 0.2) is 0 Å². The summed E-state index contributed by atoms with van der Waals surface area (Å²) in [5.41, 5.74) is 1.72. The summed E-state index contributed by atoms with van der Waals surface area (Å²) in [6.45, 7) is 2.23. The number of rotatable bonds is 6. The molecule has 0 aromatic heterocycles. The number of imide groups is 1. The van der Waals surface area contributed by atoms with Crippen LogP contribution in [0.3, 0.4) is 0 Å². The molecule has 0 saturated heterocycles. The van der Waals surface area contributed by atoms with Gasteiger partial charge in [0.25, 0.3) is 17.7 Å². The van der Waals surface area contributed by atoms with Gasteiger partial charge in [-0.15, -0.1) is 0 Å². The highest BCUT2D eigenvalue weighted by Crippen LogP contribution is 2.26. The molecule has 1 aliphatic heterocycles. The van der Waals surface area contributed by atoms with Crippen molar-refractivity contribution in [3.8, 4) is 5.75 Å². The second-order valence-corrected chi connectivity index (χ2v) is 6.75. The normalized spacial score (nSPS) is 12.6. The fourth-order valence-corrected chi connectivity index (χ4v) is 3.40. The average molecular weight is 400 g/mol. The lowest BCUT2D eigenvalue weighted by molar-refractivity contribution is 0.0650. The smallest absolute Gasteiger partial charge is 0.263 e. The van der Waals surface area contributed by atoms with Crippen molar-refractivity contribution in [2.24, 2.45) is 0 Å². The number of benzene rings is 3. The summed E-state index contributed by atoms with van der Waals surface area (Å²) in [6, 6.07) is 22.4. The van der Waals surface area contributed by atoms with Crippen LogP contribution in [0.1, 0.15) is 38.0 Å². The monoisotopic (exact) mass is 400 g/mol. The summed E-state index contributed by atoms with van der Waals surface area (Å²) in [5, 5.41) is 0. The molecule has 6 heteroatoms. The molecule has 0 aliphatic carbocycles. The lowest BCUT2D eigenvalue weighted by atomic mass is 10.1.